The molecule has 0 saturated carbocycles. The number of nitrogens with one attached hydrogen (secondary N) is 4. The summed E-state index contributed by atoms with van der Waals surface area (Å²) in [5, 5.41) is 30.4. The van der Waals surface area contributed by atoms with Crippen molar-refractivity contribution in [3.8, 4) is 0 Å². The molecule has 0 radical (unpaired) electrons. The van der Waals surface area contributed by atoms with E-state index in [0.717, 1.165) is 5.56 Å². The standard InChI is InChI=1S/C33H42N6O9/c1-4-20(2)29(37-30(43)21(3)34-27(40)16-17-28(41)42)33(46)38-18-8-11-26(38)32(45)36-25(19-22-9-6-5-7-10-22)31(44)35-23-12-14-24(15-13-23)39(47)48/h5-7,9-10,12-15,20-21,25-26,29H,4,8,11,16-19H2,1-3H3,(H,34,40)(H,35,44)(H,36,45)(H,37,43)(H,41,42)/t20-,21+,25+,26+,29+/m1/s1. The first-order valence-corrected chi connectivity index (χ1v) is 15.8. The molecule has 15 heteroatoms. The lowest BCUT2D eigenvalue weighted by Crippen LogP contribution is -2.59. The highest BCUT2D eigenvalue weighted by atomic mass is 16.6. The van der Waals surface area contributed by atoms with E-state index in [1.807, 2.05) is 13.0 Å². The third-order valence-corrected chi connectivity index (χ3v) is 8.21. The summed E-state index contributed by atoms with van der Waals surface area (Å²) in [6.45, 7) is 5.30. The maximum atomic E-state index is 13.9. The van der Waals surface area contributed by atoms with Gasteiger partial charge in [-0.05, 0) is 43.4 Å². The van der Waals surface area contributed by atoms with Gasteiger partial charge in [0.05, 0.1) is 11.3 Å². The normalized spacial score (nSPS) is 16.5. The summed E-state index contributed by atoms with van der Waals surface area (Å²) in [7, 11) is 0. The van der Waals surface area contributed by atoms with Crippen LogP contribution in [0.3, 0.4) is 0 Å². The van der Waals surface area contributed by atoms with Crippen LogP contribution in [0.4, 0.5) is 11.4 Å². The molecule has 1 fully saturated rings. The van der Waals surface area contributed by atoms with E-state index in [0.29, 0.717) is 24.9 Å². The van der Waals surface area contributed by atoms with Crippen LogP contribution in [0.1, 0.15) is 58.4 Å². The second-order valence-corrected chi connectivity index (χ2v) is 11.8. The number of nitro benzene ring substituents is 1. The number of likely N-dealkylation sites (tertiary alicyclic amines) is 1. The van der Waals surface area contributed by atoms with Crippen molar-refractivity contribution in [2.45, 2.75) is 83.5 Å². The minimum absolute atomic E-state index is 0.133. The summed E-state index contributed by atoms with van der Waals surface area (Å²) in [6, 6.07) is 10.3. The first-order chi connectivity index (χ1) is 22.8. The highest BCUT2D eigenvalue weighted by Crippen LogP contribution is 2.22. The van der Waals surface area contributed by atoms with Crippen molar-refractivity contribution in [2.75, 3.05) is 11.9 Å². The van der Waals surface area contributed by atoms with Crippen LogP contribution in [0.15, 0.2) is 54.6 Å². The second-order valence-electron chi connectivity index (χ2n) is 11.8. The van der Waals surface area contributed by atoms with Crippen LogP contribution in [0, 0.1) is 16.0 Å². The van der Waals surface area contributed by atoms with E-state index < -0.39 is 71.0 Å². The van der Waals surface area contributed by atoms with E-state index in [1.54, 1.807) is 31.2 Å². The van der Waals surface area contributed by atoms with Gasteiger partial charge < -0.3 is 31.3 Å². The Kier molecular flexibility index (Phi) is 13.6. The van der Waals surface area contributed by atoms with Crippen LogP contribution in [0.25, 0.3) is 0 Å². The number of rotatable bonds is 16. The lowest BCUT2D eigenvalue weighted by Gasteiger charge is -2.32. The van der Waals surface area contributed by atoms with Gasteiger partial charge in [-0.15, -0.1) is 0 Å². The molecule has 0 aromatic heterocycles. The minimum Gasteiger partial charge on any atom is -0.481 e. The molecule has 258 valence electrons. The van der Waals surface area contributed by atoms with Gasteiger partial charge in [0.2, 0.25) is 29.5 Å². The number of carbonyl (C=O) groups excluding carboxylic acids is 5. The fraction of sp³-hybridized carbons (Fsp3) is 0.455. The van der Waals surface area contributed by atoms with Crippen LogP contribution in [-0.2, 0) is 35.2 Å². The Hall–Kier alpha value is -5.34. The van der Waals surface area contributed by atoms with Crippen molar-refractivity contribution in [1.29, 1.82) is 0 Å². The summed E-state index contributed by atoms with van der Waals surface area (Å²) in [6.07, 6.45) is 0.798. The molecule has 3 rings (SSSR count). The van der Waals surface area contributed by atoms with E-state index >= 15 is 0 Å². The summed E-state index contributed by atoms with van der Waals surface area (Å²) in [5.41, 5.74) is 0.926. The van der Waals surface area contributed by atoms with Crippen LogP contribution in [0.2, 0.25) is 0 Å². The smallest absolute Gasteiger partial charge is 0.303 e. The Labute approximate surface area is 278 Å². The van der Waals surface area contributed by atoms with Crippen molar-refractivity contribution in [3.63, 3.8) is 0 Å². The highest BCUT2D eigenvalue weighted by Gasteiger charge is 2.40. The molecule has 0 aliphatic carbocycles. The van der Waals surface area contributed by atoms with Gasteiger partial charge in [-0.25, -0.2) is 0 Å². The lowest BCUT2D eigenvalue weighted by molar-refractivity contribution is -0.384. The SMILES string of the molecule is CC[C@@H](C)[C@H](NC(=O)[C@H](C)NC(=O)CCC(=O)O)C(=O)N1CCC[C@H]1C(=O)N[C@@H](Cc1ccccc1)C(=O)Nc1ccc([N+](=O)[O-])cc1. The molecule has 5 N–H and O–H groups in total. The molecule has 1 aliphatic rings. The van der Waals surface area contributed by atoms with Crippen molar-refractivity contribution in [3.05, 3.63) is 70.3 Å². The number of carbonyl (C=O) groups is 6. The lowest BCUT2D eigenvalue weighted by atomic mass is 9.97. The number of anilines is 1. The quantitative estimate of drug-likeness (QED) is 0.131. The topological polar surface area (TPSA) is 217 Å². The number of aliphatic carboxylic acids is 1. The Morgan fingerprint density at radius 2 is 1.60 bits per heavy atom. The fourth-order valence-corrected chi connectivity index (χ4v) is 5.27. The molecule has 5 atom stereocenters. The number of hydrogen-bond acceptors (Lipinski definition) is 8. The van der Waals surface area contributed by atoms with Crippen molar-refractivity contribution < 1.29 is 38.8 Å². The van der Waals surface area contributed by atoms with E-state index in [9.17, 15) is 38.9 Å². The van der Waals surface area contributed by atoms with E-state index in [-0.39, 0.29) is 31.0 Å². The number of benzene rings is 2. The molecule has 0 spiro atoms. The van der Waals surface area contributed by atoms with Gasteiger partial charge in [0, 0.05) is 37.2 Å². The number of nitro groups is 1. The molecule has 2 aromatic carbocycles. The number of carboxylic acids is 1. The predicted octanol–water partition coefficient (Wildman–Crippen LogP) is 2.15. The molecule has 0 bridgehead atoms. The molecule has 1 aliphatic heterocycles. The summed E-state index contributed by atoms with van der Waals surface area (Å²) in [5.74, 6) is -4.32. The molecule has 1 heterocycles. The molecule has 5 amide bonds. The average molecular weight is 667 g/mol. The first kappa shape index (κ1) is 37.1. The molecule has 2 aromatic rings. The Balaban J connectivity index is 1.74. The third-order valence-electron chi connectivity index (χ3n) is 8.21. The van der Waals surface area contributed by atoms with Crippen LogP contribution in [-0.4, -0.2) is 81.1 Å². The van der Waals surface area contributed by atoms with Gasteiger partial charge in [-0.1, -0.05) is 50.6 Å². The van der Waals surface area contributed by atoms with Gasteiger partial charge in [-0.3, -0.25) is 38.9 Å². The summed E-state index contributed by atoms with van der Waals surface area (Å²) in [4.78, 5) is 88.7. The number of amides is 5. The highest BCUT2D eigenvalue weighted by molar-refractivity contribution is 5.99. The summed E-state index contributed by atoms with van der Waals surface area (Å²) >= 11 is 0. The number of hydrogen-bond donors (Lipinski definition) is 5. The zero-order chi connectivity index (χ0) is 35.4. The van der Waals surface area contributed by atoms with Crippen molar-refractivity contribution in [2.24, 2.45) is 5.92 Å². The average Bonchev–Trinajstić information content (AvgIpc) is 3.56. The summed E-state index contributed by atoms with van der Waals surface area (Å²) < 4.78 is 0. The van der Waals surface area contributed by atoms with Crippen LogP contribution < -0.4 is 21.3 Å². The van der Waals surface area contributed by atoms with Crippen LogP contribution >= 0.6 is 0 Å². The maximum absolute atomic E-state index is 13.9. The van der Waals surface area contributed by atoms with Gasteiger partial charge in [0.1, 0.15) is 24.2 Å². The zero-order valence-electron chi connectivity index (χ0n) is 27.1. The molecular formula is C33H42N6O9. The molecule has 48 heavy (non-hydrogen) atoms. The second kappa shape index (κ2) is 17.5. The van der Waals surface area contributed by atoms with Gasteiger partial charge in [0.15, 0.2) is 0 Å². The molecule has 1 saturated heterocycles. The zero-order valence-corrected chi connectivity index (χ0v) is 27.1. The minimum atomic E-state index is -1.15. The van der Waals surface area contributed by atoms with Gasteiger partial charge in [-0.2, -0.15) is 0 Å². The first-order valence-electron chi connectivity index (χ1n) is 15.8. The number of nitrogens with zero attached hydrogens (tertiary/aromatic N) is 2. The van der Waals surface area contributed by atoms with E-state index in [4.69, 9.17) is 5.11 Å². The molecule has 0 unspecified atom stereocenters. The maximum Gasteiger partial charge on any atom is 0.303 e. The van der Waals surface area contributed by atoms with Gasteiger partial charge in [0.25, 0.3) is 5.69 Å². The molecular weight excluding hydrogens is 624 g/mol. The number of non-ortho nitro benzene ring substituents is 1. The third kappa shape index (κ3) is 10.6. The van der Waals surface area contributed by atoms with Crippen molar-refractivity contribution in [1.82, 2.24) is 20.9 Å². The Bertz CT molecular complexity index is 1480. The van der Waals surface area contributed by atoms with Crippen molar-refractivity contribution >= 4 is 46.9 Å². The van der Waals surface area contributed by atoms with E-state index in [2.05, 4.69) is 21.3 Å². The largest absolute Gasteiger partial charge is 0.481 e. The Morgan fingerprint density at radius 3 is 2.21 bits per heavy atom. The number of carboxylic acid groups (broad SMARTS) is 1. The van der Waals surface area contributed by atoms with Crippen LogP contribution in [0.5, 0.6) is 0 Å². The Morgan fingerprint density at radius 1 is 0.938 bits per heavy atom. The van der Waals surface area contributed by atoms with Gasteiger partial charge >= 0.3 is 5.97 Å². The fourth-order valence-electron chi connectivity index (χ4n) is 5.27. The predicted molar refractivity (Wildman–Crippen MR) is 174 cm³/mol. The monoisotopic (exact) mass is 666 g/mol. The van der Waals surface area contributed by atoms with E-state index in [1.165, 1.54) is 36.1 Å². The molecule has 15 nitrogen and oxygen atoms in total.